The molecular formula is C23H20N6OS. The van der Waals surface area contributed by atoms with E-state index in [1.165, 1.54) is 5.56 Å². The molecule has 8 heteroatoms. The van der Waals surface area contributed by atoms with Crippen molar-refractivity contribution in [3.05, 3.63) is 87.9 Å². The van der Waals surface area contributed by atoms with E-state index in [-0.39, 0.29) is 11.1 Å². The molecule has 154 valence electrons. The van der Waals surface area contributed by atoms with Gasteiger partial charge in [0.1, 0.15) is 11.3 Å². The number of thiazole rings is 1. The lowest BCUT2D eigenvalue weighted by Crippen LogP contribution is -2.21. The Labute approximate surface area is 182 Å². The third-order valence-corrected chi connectivity index (χ3v) is 6.17. The van der Waals surface area contributed by atoms with Gasteiger partial charge in [-0.3, -0.25) is 9.36 Å². The SMILES string of the molecule is CC(C)c1ccc(-c2ncc(Cn3cnc4c(nnn4-c4ccccc4)c3=O)s2)cc1. The van der Waals surface area contributed by atoms with E-state index in [1.54, 1.807) is 26.9 Å². The lowest BCUT2D eigenvalue weighted by Gasteiger charge is -2.05. The Morgan fingerprint density at radius 2 is 1.77 bits per heavy atom. The summed E-state index contributed by atoms with van der Waals surface area (Å²) in [5.74, 6) is 0.495. The fourth-order valence-electron chi connectivity index (χ4n) is 3.39. The van der Waals surface area contributed by atoms with E-state index in [0.717, 1.165) is 21.1 Å². The summed E-state index contributed by atoms with van der Waals surface area (Å²) in [4.78, 5) is 22.9. The maximum atomic E-state index is 12.9. The smallest absolute Gasteiger partial charge is 0.283 e. The van der Waals surface area contributed by atoms with Crippen LogP contribution in [0.25, 0.3) is 27.4 Å². The third-order valence-electron chi connectivity index (χ3n) is 5.13. The zero-order valence-corrected chi connectivity index (χ0v) is 18.0. The molecule has 0 amide bonds. The molecule has 3 aromatic heterocycles. The summed E-state index contributed by atoms with van der Waals surface area (Å²) in [6.07, 6.45) is 3.36. The summed E-state index contributed by atoms with van der Waals surface area (Å²) in [7, 11) is 0. The molecule has 0 aliphatic rings. The molecule has 0 radical (unpaired) electrons. The van der Waals surface area contributed by atoms with E-state index in [9.17, 15) is 4.79 Å². The van der Waals surface area contributed by atoms with Crippen molar-refractivity contribution >= 4 is 22.5 Å². The topological polar surface area (TPSA) is 78.5 Å². The van der Waals surface area contributed by atoms with Crippen LogP contribution in [0.3, 0.4) is 0 Å². The molecule has 0 atom stereocenters. The van der Waals surface area contributed by atoms with Crippen molar-refractivity contribution < 1.29 is 0 Å². The van der Waals surface area contributed by atoms with E-state index >= 15 is 0 Å². The molecule has 7 nitrogen and oxygen atoms in total. The predicted octanol–water partition coefficient (Wildman–Crippen LogP) is 4.27. The average molecular weight is 429 g/mol. The maximum Gasteiger partial charge on any atom is 0.283 e. The molecule has 0 saturated heterocycles. The second-order valence-corrected chi connectivity index (χ2v) is 8.71. The van der Waals surface area contributed by atoms with Gasteiger partial charge in [-0.2, -0.15) is 4.68 Å². The minimum Gasteiger partial charge on any atom is -0.292 e. The van der Waals surface area contributed by atoms with E-state index in [2.05, 4.69) is 58.4 Å². The van der Waals surface area contributed by atoms with Gasteiger partial charge in [0.05, 0.1) is 12.2 Å². The van der Waals surface area contributed by atoms with E-state index < -0.39 is 0 Å². The Morgan fingerprint density at radius 3 is 2.52 bits per heavy atom. The number of nitrogens with zero attached hydrogens (tertiary/aromatic N) is 6. The minimum absolute atomic E-state index is 0.219. The van der Waals surface area contributed by atoms with Crippen molar-refractivity contribution in [3.8, 4) is 16.3 Å². The van der Waals surface area contributed by atoms with Crippen LogP contribution in [0.5, 0.6) is 0 Å². The first-order chi connectivity index (χ1) is 15.1. The van der Waals surface area contributed by atoms with Gasteiger partial charge in [0.2, 0.25) is 0 Å². The predicted molar refractivity (Wildman–Crippen MR) is 122 cm³/mol. The Balaban J connectivity index is 1.42. The Kier molecular flexibility index (Phi) is 4.91. The Morgan fingerprint density at radius 1 is 1.00 bits per heavy atom. The highest BCUT2D eigenvalue weighted by atomic mass is 32.1. The molecule has 5 rings (SSSR count). The second kappa shape index (κ2) is 7.88. The van der Waals surface area contributed by atoms with Gasteiger partial charge < -0.3 is 0 Å². The Bertz CT molecular complexity index is 1400. The number of hydrogen-bond acceptors (Lipinski definition) is 6. The van der Waals surface area contributed by atoms with Crippen LogP contribution in [-0.2, 0) is 6.54 Å². The van der Waals surface area contributed by atoms with E-state index in [4.69, 9.17) is 0 Å². The molecule has 0 aliphatic heterocycles. The quantitative estimate of drug-likeness (QED) is 0.418. The number of hydrogen-bond donors (Lipinski definition) is 0. The fraction of sp³-hybridized carbons (Fsp3) is 0.174. The van der Waals surface area contributed by atoms with Gasteiger partial charge in [-0.15, -0.1) is 16.4 Å². The summed E-state index contributed by atoms with van der Waals surface area (Å²) in [5.41, 5.74) is 3.67. The Hall–Kier alpha value is -3.65. The van der Waals surface area contributed by atoms with Crippen LogP contribution in [0, 0.1) is 0 Å². The van der Waals surface area contributed by atoms with Crippen molar-refractivity contribution in [1.29, 1.82) is 0 Å². The van der Waals surface area contributed by atoms with E-state index in [1.807, 2.05) is 36.5 Å². The molecule has 0 N–H and O–H groups in total. The zero-order chi connectivity index (χ0) is 21.4. The normalized spacial score (nSPS) is 11.5. The van der Waals surface area contributed by atoms with Crippen molar-refractivity contribution in [1.82, 2.24) is 29.5 Å². The molecule has 0 spiro atoms. The molecule has 0 aliphatic carbocycles. The highest BCUT2D eigenvalue weighted by molar-refractivity contribution is 7.15. The molecule has 5 aromatic rings. The number of benzene rings is 2. The fourth-order valence-corrected chi connectivity index (χ4v) is 4.31. The van der Waals surface area contributed by atoms with Gasteiger partial charge in [0, 0.05) is 16.6 Å². The zero-order valence-electron chi connectivity index (χ0n) is 17.1. The van der Waals surface area contributed by atoms with Crippen LogP contribution in [0.15, 0.2) is 71.9 Å². The average Bonchev–Trinajstić information content (AvgIpc) is 3.44. The largest absolute Gasteiger partial charge is 0.292 e. The van der Waals surface area contributed by atoms with Gasteiger partial charge in [0.25, 0.3) is 5.56 Å². The first kappa shape index (κ1) is 19.3. The van der Waals surface area contributed by atoms with Crippen molar-refractivity contribution in [2.24, 2.45) is 0 Å². The van der Waals surface area contributed by atoms with Crippen molar-refractivity contribution in [3.63, 3.8) is 0 Å². The molecule has 3 heterocycles. The number of fused-ring (bicyclic) bond motifs is 1. The molecule has 0 bridgehead atoms. The summed E-state index contributed by atoms with van der Waals surface area (Å²) < 4.78 is 3.12. The number of aromatic nitrogens is 6. The van der Waals surface area contributed by atoms with Crippen LogP contribution < -0.4 is 5.56 Å². The standard InChI is InChI=1S/C23H20N6OS/c1-15(2)16-8-10-17(11-9-16)22-24-12-19(31-22)13-28-14-25-21-20(23(28)30)26-27-29(21)18-6-4-3-5-7-18/h3-12,14-15H,13H2,1-2H3. The van der Waals surface area contributed by atoms with Crippen LogP contribution in [0.2, 0.25) is 0 Å². The monoisotopic (exact) mass is 428 g/mol. The first-order valence-corrected chi connectivity index (χ1v) is 10.8. The van der Waals surface area contributed by atoms with Crippen LogP contribution in [0.4, 0.5) is 0 Å². The van der Waals surface area contributed by atoms with E-state index in [0.29, 0.717) is 18.1 Å². The van der Waals surface area contributed by atoms with Crippen LogP contribution in [-0.4, -0.2) is 29.5 Å². The summed E-state index contributed by atoms with van der Waals surface area (Å²) in [5, 5.41) is 9.13. The van der Waals surface area contributed by atoms with Gasteiger partial charge in [-0.1, -0.05) is 61.5 Å². The lowest BCUT2D eigenvalue weighted by molar-refractivity contribution is 0.753. The van der Waals surface area contributed by atoms with Crippen LogP contribution >= 0.6 is 11.3 Å². The van der Waals surface area contributed by atoms with Crippen molar-refractivity contribution in [2.75, 3.05) is 0 Å². The highest BCUT2D eigenvalue weighted by Gasteiger charge is 2.14. The number of rotatable bonds is 5. The lowest BCUT2D eigenvalue weighted by atomic mass is 10.0. The van der Waals surface area contributed by atoms with Gasteiger partial charge >= 0.3 is 0 Å². The van der Waals surface area contributed by atoms with Crippen LogP contribution in [0.1, 0.15) is 30.2 Å². The summed E-state index contributed by atoms with van der Waals surface area (Å²) in [6.45, 7) is 4.75. The summed E-state index contributed by atoms with van der Waals surface area (Å²) >= 11 is 1.57. The number of para-hydroxylation sites is 1. The van der Waals surface area contributed by atoms with Gasteiger partial charge in [0.15, 0.2) is 11.2 Å². The summed E-state index contributed by atoms with van der Waals surface area (Å²) in [6, 6.07) is 18.0. The van der Waals surface area contributed by atoms with Gasteiger partial charge in [-0.05, 0) is 23.6 Å². The third kappa shape index (κ3) is 3.66. The first-order valence-electron chi connectivity index (χ1n) is 10.0. The molecule has 0 saturated carbocycles. The molecule has 0 unspecified atom stereocenters. The van der Waals surface area contributed by atoms with Gasteiger partial charge in [-0.25, -0.2) is 9.97 Å². The molecular weight excluding hydrogens is 408 g/mol. The van der Waals surface area contributed by atoms with Crippen molar-refractivity contribution in [2.45, 2.75) is 26.3 Å². The molecule has 31 heavy (non-hydrogen) atoms. The second-order valence-electron chi connectivity index (χ2n) is 7.60. The molecule has 0 fully saturated rings. The molecule has 2 aromatic carbocycles. The highest BCUT2D eigenvalue weighted by Crippen LogP contribution is 2.27. The maximum absolute atomic E-state index is 12.9. The minimum atomic E-state index is -0.219.